The molecule has 0 N–H and O–H groups in total. The summed E-state index contributed by atoms with van der Waals surface area (Å²) in [4.78, 5) is 8.75. The van der Waals surface area contributed by atoms with E-state index in [1.807, 2.05) is 12.1 Å². The quantitative estimate of drug-likeness (QED) is 0.176. The lowest BCUT2D eigenvalue weighted by Crippen LogP contribution is -2.15. The molecular weight excluding hydrogens is 431 g/mol. The van der Waals surface area contributed by atoms with Crippen LogP contribution >= 0.6 is 0 Å². The second kappa shape index (κ2) is 16.1. The van der Waals surface area contributed by atoms with E-state index in [9.17, 15) is 4.39 Å². The van der Waals surface area contributed by atoms with E-state index >= 15 is 0 Å². The number of halogens is 1. The van der Waals surface area contributed by atoms with Crippen molar-refractivity contribution < 1.29 is 4.39 Å². The average Bonchev–Trinajstić information content (AvgIpc) is 2.89. The van der Waals surface area contributed by atoms with E-state index in [2.05, 4.69) is 35.9 Å². The van der Waals surface area contributed by atoms with Crippen molar-refractivity contribution in [1.82, 2.24) is 9.97 Å². The monoisotopic (exact) mass is 480 g/mol. The minimum Gasteiger partial charge on any atom is -0.241 e. The third-order valence-corrected chi connectivity index (χ3v) is 8.08. The third-order valence-electron chi connectivity index (χ3n) is 8.08. The van der Waals surface area contributed by atoms with Gasteiger partial charge in [0.2, 0.25) is 5.95 Å². The van der Waals surface area contributed by atoms with Gasteiger partial charge in [-0.25, -0.2) is 9.97 Å². The molecule has 1 aliphatic rings. The summed E-state index contributed by atoms with van der Waals surface area (Å²) in [6.45, 7) is 4.55. The van der Waals surface area contributed by atoms with Gasteiger partial charge in [0.1, 0.15) is 5.82 Å². The number of unbranched alkanes of at least 4 members (excludes halogenated alkanes) is 8. The lowest BCUT2D eigenvalue weighted by Gasteiger charge is -2.28. The summed E-state index contributed by atoms with van der Waals surface area (Å²) in [6, 6.07) is 8.33. The van der Waals surface area contributed by atoms with E-state index in [4.69, 9.17) is 0 Å². The van der Waals surface area contributed by atoms with Gasteiger partial charge in [0.25, 0.3) is 0 Å². The van der Waals surface area contributed by atoms with Gasteiger partial charge in [-0.3, -0.25) is 0 Å². The number of aryl methyl sites for hydroxylation is 2. The lowest BCUT2D eigenvalue weighted by atomic mass is 9.78. The molecule has 1 heterocycles. The molecule has 0 amide bonds. The highest BCUT2D eigenvalue weighted by Crippen LogP contribution is 2.34. The molecule has 0 radical (unpaired) electrons. The molecule has 0 aliphatic heterocycles. The van der Waals surface area contributed by atoms with Crippen molar-refractivity contribution in [2.45, 2.75) is 129 Å². The maximum Gasteiger partial charge on any atom is 0.224 e. The van der Waals surface area contributed by atoms with Gasteiger partial charge in [0.05, 0.1) is 5.56 Å². The smallest absolute Gasteiger partial charge is 0.224 e. The van der Waals surface area contributed by atoms with Crippen molar-refractivity contribution in [1.29, 1.82) is 0 Å². The first-order valence-corrected chi connectivity index (χ1v) is 14.8. The fourth-order valence-electron chi connectivity index (χ4n) is 5.66. The van der Waals surface area contributed by atoms with Crippen molar-refractivity contribution >= 4 is 0 Å². The number of aromatic nitrogens is 2. The number of hydrogen-bond acceptors (Lipinski definition) is 2. The van der Waals surface area contributed by atoms with Crippen LogP contribution in [0.1, 0.15) is 128 Å². The molecule has 1 aromatic carbocycles. The Balaban J connectivity index is 1.39. The predicted molar refractivity (Wildman–Crippen MR) is 147 cm³/mol. The van der Waals surface area contributed by atoms with Gasteiger partial charge in [-0.15, -0.1) is 0 Å². The molecule has 0 unspecified atom stereocenters. The molecular formula is C32H49FN2. The maximum absolute atomic E-state index is 14.8. The van der Waals surface area contributed by atoms with Crippen LogP contribution in [0.3, 0.4) is 0 Å². The summed E-state index contributed by atoms with van der Waals surface area (Å²) < 4.78 is 14.8. The van der Waals surface area contributed by atoms with Gasteiger partial charge < -0.3 is 0 Å². The zero-order valence-electron chi connectivity index (χ0n) is 22.5. The zero-order valence-corrected chi connectivity index (χ0v) is 22.5. The molecule has 0 spiro atoms. The summed E-state index contributed by atoms with van der Waals surface area (Å²) >= 11 is 0. The largest absolute Gasteiger partial charge is 0.241 e. The molecule has 0 saturated heterocycles. The minimum atomic E-state index is -0.380. The van der Waals surface area contributed by atoms with Gasteiger partial charge in [-0.05, 0) is 42.2 Å². The topological polar surface area (TPSA) is 25.8 Å². The average molecular weight is 481 g/mol. The molecule has 1 aliphatic carbocycles. The van der Waals surface area contributed by atoms with Gasteiger partial charge in [0.15, 0.2) is 0 Å². The van der Waals surface area contributed by atoms with Gasteiger partial charge in [0, 0.05) is 12.6 Å². The lowest BCUT2D eigenvalue weighted by molar-refractivity contribution is 0.249. The highest BCUT2D eigenvalue weighted by atomic mass is 19.1. The summed E-state index contributed by atoms with van der Waals surface area (Å²) in [5, 5.41) is 0. The van der Waals surface area contributed by atoms with Crippen molar-refractivity contribution in [3.05, 3.63) is 47.8 Å². The standard InChI is InChI=1S/C32H49FN2/c1-3-5-7-8-9-10-11-12-14-27-19-22-29(23-20-27)30-25-34-31(35-32(30)33)24-21-28-17-15-26(16-18-28)13-6-4-2/h19-20,22-23,25-26,28H,3-18,21,24H2,1-2H3. The Bertz CT molecular complexity index is 824. The van der Waals surface area contributed by atoms with Crippen LogP contribution in [0, 0.1) is 17.8 Å². The Morgan fingerprint density at radius 2 is 1.31 bits per heavy atom. The maximum atomic E-state index is 14.8. The first-order chi connectivity index (χ1) is 17.2. The molecule has 194 valence electrons. The van der Waals surface area contributed by atoms with Gasteiger partial charge in [-0.1, -0.05) is 128 Å². The fourth-order valence-corrected chi connectivity index (χ4v) is 5.66. The van der Waals surface area contributed by atoms with Crippen molar-refractivity contribution in [3.63, 3.8) is 0 Å². The normalized spacial score (nSPS) is 18.1. The van der Waals surface area contributed by atoms with Crippen LogP contribution in [0.2, 0.25) is 0 Å². The SMILES string of the molecule is CCCCCCCCCCc1ccc(-c2cnc(CCC3CCC(CCCC)CC3)nc2F)cc1. The highest BCUT2D eigenvalue weighted by Gasteiger charge is 2.21. The summed E-state index contributed by atoms with van der Waals surface area (Å²) in [5.41, 5.74) is 2.73. The van der Waals surface area contributed by atoms with Crippen LogP contribution in [0.5, 0.6) is 0 Å². The van der Waals surface area contributed by atoms with Crippen molar-refractivity contribution in [3.8, 4) is 11.1 Å². The molecule has 3 heteroatoms. The molecule has 3 rings (SSSR count). The van der Waals surface area contributed by atoms with Crippen LogP contribution in [-0.4, -0.2) is 9.97 Å². The van der Waals surface area contributed by atoms with Crippen LogP contribution in [0.4, 0.5) is 4.39 Å². The van der Waals surface area contributed by atoms with E-state index in [1.54, 1.807) is 6.20 Å². The molecule has 0 atom stereocenters. The number of rotatable bonds is 16. The van der Waals surface area contributed by atoms with E-state index in [1.165, 1.54) is 102 Å². The summed E-state index contributed by atoms with van der Waals surface area (Å²) in [5.74, 6) is 1.97. The number of benzene rings is 1. The zero-order chi connectivity index (χ0) is 24.7. The van der Waals surface area contributed by atoms with E-state index in [-0.39, 0.29) is 5.95 Å². The van der Waals surface area contributed by atoms with E-state index in [0.29, 0.717) is 11.4 Å². The van der Waals surface area contributed by atoms with Crippen molar-refractivity contribution in [2.24, 2.45) is 11.8 Å². The van der Waals surface area contributed by atoms with Crippen molar-refractivity contribution in [2.75, 3.05) is 0 Å². The Labute approximate surface area is 214 Å². The second-order valence-electron chi connectivity index (χ2n) is 11.0. The van der Waals surface area contributed by atoms with E-state index < -0.39 is 0 Å². The Hall–Kier alpha value is -1.77. The molecule has 2 aromatic rings. The molecule has 1 aromatic heterocycles. The fraction of sp³-hybridized carbons (Fsp3) is 0.688. The number of hydrogen-bond donors (Lipinski definition) is 0. The molecule has 2 nitrogen and oxygen atoms in total. The summed E-state index contributed by atoms with van der Waals surface area (Å²) in [7, 11) is 0. The molecule has 1 fully saturated rings. The first kappa shape index (κ1) is 27.8. The summed E-state index contributed by atoms with van der Waals surface area (Å²) in [6.07, 6.45) is 24.8. The van der Waals surface area contributed by atoms with Crippen LogP contribution in [0.15, 0.2) is 30.5 Å². The van der Waals surface area contributed by atoms with Crippen LogP contribution in [-0.2, 0) is 12.8 Å². The molecule has 0 bridgehead atoms. The van der Waals surface area contributed by atoms with E-state index in [0.717, 1.165) is 36.7 Å². The third kappa shape index (κ3) is 10.0. The minimum absolute atomic E-state index is 0.380. The second-order valence-corrected chi connectivity index (χ2v) is 11.0. The number of nitrogens with zero attached hydrogens (tertiary/aromatic N) is 2. The molecule has 35 heavy (non-hydrogen) atoms. The predicted octanol–water partition coefficient (Wildman–Crippen LogP) is 9.90. The first-order valence-electron chi connectivity index (χ1n) is 14.8. The Morgan fingerprint density at radius 3 is 1.94 bits per heavy atom. The van der Waals surface area contributed by atoms with Gasteiger partial charge in [-0.2, -0.15) is 4.39 Å². The molecule has 1 saturated carbocycles. The highest BCUT2D eigenvalue weighted by molar-refractivity contribution is 5.62. The van der Waals surface area contributed by atoms with Crippen LogP contribution < -0.4 is 0 Å². The van der Waals surface area contributed by atoms with Crippen LogP contribution in [0.25, 0.3) is 11.1 Å². The van der Waals surface area contributed by atoms with Gasteiger partial charge >= 0.3 is 0 Å². The Kier molecular flexibility index (Phi) is 12.8. The Morgan fingerprint density at radius 1 is 0.714 bits per heavy atom.